The van der Waals surface area contributed by atoms with Crippen molar-refractivity contribution in [2.75, 3.05) is 38.3 Å². The van der Waals surface area contributed by atoms with Gasteiger partial charge in [0.05, 0.1) is 12.2 Å². The number of rotatable bonds is 8. The molecule has 47 heavy (non-hydrogen) atoms. The number of anilines is 1. The Morgan fingerprint density at radius 3 is 2.26 bits per heavy atom. The second-order valence-electron chi connectivity index (χ2n) is 13.3. The van der Waals surface area contributed by atoms with E-state index in [4.69, 9.17) is 4.74 Å². The monoisotopic (exact) mass is 648 g/mol. The number of hydrogen-bond donors (Lipinski definition) is 1. The van der Waals surface area contributed by atoms with Gasteiger partial charge < -0.3 is 24.8 Å². The number of carbonyl (C=O) groups is 2. The summed E-state index contributed by atoms with van der Waals surface area (Å²) in [6.07, 6.45) is 0.937. The van der Waals surface area contributed by atoms with Crippen LogP contribution in [0.25, 0.3) is 0 Å². The number of piperidine rings is 1. The summed E-state index contributed by atoms with van der Waals surface area (Å²) in [7, 11) is 1.83. The maximum Gasteiger partial charge on any atom is 0.416 e. The normalized spacial score (nSPS) is 23.0. The lowest BCUT2D eigenvalue weighted by atomic mass is 9.66. The largest absolute Gasteiger partial charge is 0.445 e. The summed E-state index contributed by atoms with van der Waals surface area (Å²) in [6, 6.07) is 25.7. The van der Waals surface area contributed by atoms with Crippen LogP contribution in [-0.2, 0) is 27.7 Å². The minimum Gasteiger partial charge on any atom is -0.445 e. The number of likely N-dealkylation sites (tertiary alicyclic amines) is 1. The summed E-state index contributed by atoms with van der Waals surface area (Å²) in [5, 5.41) is 2.90. The lowest BCUT2D eigenvalue weighted by Gasteiger charge is -2.46. The molecule has 3 aromatic rings. The number of alkyl halides is 3. The van der Waals surface area contributed by atoms with Gasteiger partial charge in [-0.15, -0.1) is 0 Å². The second kappa shape index (κ2) is 13.6. The van der Waals surface area contributed by atoms with Crippen LogP contribution in [0.15, 0.2) is 84.9 Å². The highest BCUT2D eigenvalue weighted by molar-refractivity contribution is 5.93. The van der Waals surface area contributed by atoms with Crippen LogP contribution in [0.5, 0.6) is 0 Å². The van der Waals surface area contributed by atoms with E-state index in [2.05, 4.69) is 34.5 Å². The van der Waals surface area contributed by atoms with Crippen molar-refractivity contribution in [2.24, 2.45) is 0 Å². The van der Waals surface area contributed by atoms with Gasteiger partial charge in [0.1, 0.15) is 12.1 Å². The maximum absolute atomic E-state index is 13.5. The summed E-state index contributed by atoms with van der Waals surface area (Å²) < 4.78 is 46.0. The zero-order valence-corrected chi connectivity index (χ0v) is 26.8. The topological polar surface area (TPSA) is 65.1 Å². The first kappa shape index (κ1) is 32.9. The van der Waals surface area contributed by atoms with E-state index in [9.17, 15) is 22.8 Å². The van der Waals surface area contributed by atoms with Crippen LogP contribution in [0, 0.1) is 0 Å². The molecule has 6 rings (SSSR count). The van der Waals surface area contributed by atoms with Gasteiger partial charge in [0.2, 0.25) is 5.91 Å². The molecule has 3 aromatic carbocycles. The van der Waals surface area contributed by atoms with Crippen molar-refractivity contribution in [2.45, 2.75) is 74.7 Å². The smallest absolute Gasteiger partial charge is 0.416 e. The molecule has 3 fully saturated rings. The number of carbonyl (C=O) groups excluding carboxylic acids is 2. The fourth-order valence-corrected chi connectivity index (χ4v) is 7.78. The van der Waals surface area contributed by atoms with Crippen molar-refractivity contribution in [1.82, 2.24) is 15.1 Å². The van der Waals surface area contributed by atoms with Gasteiger partial charge >= 0.3 is 12.3 Å². The van der Waals surface area contributed by atoms with Crippen LogP contribution < -0.4 is 10.2 Å². The van der Waals surface area contributed by atoms with Gasteiger partial charge in [-0.05, 0) is 86.2 Å². The molecule has 0 atom stereocenters. The Balaban J connectivity index is 1.08. The SMILES string of the molecule is CN(C(=O)OCc1ccccc1)C1CCC(CCN2CCC3(CC2)C(=O)NCN3c2cccc(C(F)(F)F)c2)(c2ccccc2)CC1. The Kier molecular flexibility index (Phi) is 9.50. The lowest BCUT2D eigenvalue weighted by Crippen LogP contribution is -2.56. The third kappa shape index (κ3) is 6.98. The van der Waals surface area contributed by atoms with Gasteiger partial charge in [-0.25, -0.2) is 4.79 Å². The summed E-state index contributed by atoms with van der Waals surface area (Å²) in [6.45, 7) is 2.68. The van der Waals surface area contributed by atoms with Crippen molar-refractivity contribution in [1.29, 1.82) is 0 Å². The van der Waals surface area contributed by atoms with Crippen molar-refractivity contribution in [3.05, 3.63) is 102 Å². The number of hydrogen-bond acceptors (Lipinski definition) is 5. The summed E-state index contributed by atoms with van der Waals surface area (Å²) in [4.78, 5) is 32.1. The quantitative estimate of drug-likeness (QED) is 0.286. The zero-order chi connectivity index (χ0) is 33.1. The lowest BCUT2D eigenvalue weighted by molar-refractivity contribution is -0.137. The van der Waals surface area contributed by atoms with Crippen LogP contribution in [0.4, 0.5) is 23.7 Å². The fourth-order valence-electron chi connectivity index (χ4n) is 7.78. The third-order valence-corrected chi connectivity index (χ3v) is 10.8. The Morgan fingerprint density at radius 2 is 1.60 bits per heavy atom. The molecule has 0 unspecified atom stereocenters. The number of halogens is 3. The van der Waals surface area contributed by atoms with Crippen molar-refractivity contribution in [3.63, 3.8) is 0 Å². The molecule has 10 heteroatoms. The number of nitrogens with one attached hydrogen (secondary N) is 1. The van der Waals surface area contributed by atoms with Gasteiger partial charge in [-0.2, -0.15) is 13.2 Å². The number of amides is 2. The fraction of sp³-hybridized carbons (Fsp3) is 0.459. The van der Waals surface area contributed by atoms with E-state index in [-0.39, 0.29) is 36.7 Å². The van der Waals surface area contributed by atoms with Crippen LogP contribution in [0.1, 0.15) is 61.6 Å². The van der Waals surface area contributed by atoms with Crippen LogP contribution in [-0.4, -0.2) is 66.7 Å². The Morgan fingerprint density at radius 1 is 0.936 bits per heavy atom. The van der Waals surface area contributed by atoms with Crippen molar-refractivity contribution >= 4 is 17.7 Å². The highest BCUT2D eigenvalue weighted by atomic mass is 19.4. The van der Waals surface area contributed by atoms with E-state index in [0.29, 0.717) is 31.6 Å². The van der Waals surface area contributed by atoms with E-state index >= 15 is 0 Å². The van der Waals surface area contributed by atoms with E-state index < -0.39 is 17.3 Å². The average molecular weight is 649 g/mol. The summed E-state index contributed by atoms with van der Waals surface area (Å²) in [5.41, 5.74) is 1.10. The molecular formula is C37H43F3N4O3. The molecule has 7 nitrogen and oxygen atoms in total. The van der Waals surface area contributed by atoms with E-state index in [1.165, 1.54) is 11.6 Å². The predicted octanol–water partition coefficient (Wildman–Crippen LogP) is 6.97. The molecule has 2 amide bonds. The predicted molar refractivity (Wildman–Crippen MR) is 175 cm³/mol. The number of ether oxygens (including phenoxy) is 1. The van der Waals surface area contributed by atoms with Gasteiger partial charge in [-0.1, -0.05) is 66.7 Å². The second-order valence-corrected chi connectivity index (χ2v) is 13.3. The molecular weight excluding hydrogens is 605 g/mol. The van der Waals surface area contributed by atoms with Crippen LogP contribution in [0.2, 0.25) is 0 Å². The third-order valence-electron chi connectivity index (χ3n) is 10.8. The average Bonchev–Trinajstić information content (AvgIpc) is 3.41. The standard InChI is InChI=1S/C37H43F3N4O3/c1-42(34(46)47-26-28-9-4-2-5-10-28)31-15-17-35(18-16-31,29-11-6-3-7-12-29)19-22-43-23-20-36(21-24-43)33(45)41-27-44(36)32-14-8-13-30(25-32)37(38,39)40/h2-14,25,31H,15-24,26-27H2,1H3,(H,41,45). The molecule has 2 saturated heterocycles. The highest BCUT2D eigenvalue weighted by Crippen LogP contribution is 2.44. The summed E-state index contributed by atoms with van der Waals surface area (Å²) in [5.74, 6) is -0.111. The molecule has 1 saturated carbocycles. The Hall–Kier alpha value is -4.05. The van der Waals surface area contributed by atoms with E-state index in [0.717, 1.165) is 56.3 Å². The molecule has 1 N–H and O–H groups in total. The molecule has 2 aliphatic heterocycles. The van der Waals surface area contributed by atoms with Crippen LogP contribution >= 0.6 is 0 Å². The molecule has 2 heterocycles. The molecule has 1 aliphatic carbocycles. The van der Waals surface area contributed by atoms with Crippen LogP contribution in [0.3, 0.4) is 0 Å². The molecule has 0 aromatic heterocycles. The van der Waals surface area contributed by atoms with E-state index in [1.54, 1.807) is 11.0 Å². The Bertz CT molecular complexity index is 1520. The van der Waals surface area contributed by atoms with Gasteiger partial charge in [-0.3, -0.25) is 4.79 Å². The zero-order valence-electron chi connectivity index (χ0n) is 26.8. The molecule has 1 spiro atoms. The first-order valence-electron chi connectivity index (χ1n) is 16.5. The number of benzene rings is 3. The Labute approximate surface area is 274 Å². The molecule has 3 aliphatic rings. The van der Waals surface area contributed by atoms with Gasteiger partial charge in [0, 0.05) is 31.9 Å². The van der Waals surface area contributed by atoms with E-state index in [1.807, 2.05) is 48.3 Å². The van der Waals surface area contributed by atoms with Gasteiger partial charge in [0.15, 0.2) is 0 Å². The molecule has 0 bridgehead atoms. The number of nitrogens with zero attached hydrogens (tertiary/aromatic N) is 3. The minimum absolute atomic E-state index is 0.0313. The first-order valence-corrected chi connectivity index (χ1v) is 16.5. The minimum atomic E-state index is -4.45. The summed E-state index contributed by atoms with van der Waals surface area (Å²) >= 11 is 0. The van der Waals surface area contributed by atoms with Crippen molar-refractivity contribution < 1.29 is 27.5 Å². The van der Waals surface area contributed by atoms with Gasteiger partial charge in [0.25, 0.3) is 0 Å². The molecule has 250 valence electrons. The molecule has 0 radical (unpaired) electrons. The first-order chi connectivity index (χ1) is 22.6. The van der Waals surface area contributed by atoms with Crippen molar-refractivity contribution in [3.8, 4) is 0 Å². The maximum atomic E-state index is 13.5. The highest BCUT2D eigenvalue weighted by Gasteiger charge is 2.51.